The molecule has 2 aromatic rings. The second-order valence-corrected chi connectivity index (χ2v) is 5.04. The molecule has 0 aliphatic carbocycles. The predicted octanol–water partition coefficient (Wildman–Crippen LogP) is 2.55. The summed E-state index contributed by atoms with van der Waals surface area (Å²) < 4.78 is 13.9. The summed E-state index contributed by atoms with van der Waals surface area (Å²) in [6.45, 7) is 1.97. The van der Waals surface area contributed by atoms with Crippen LogP contribution in [-0.2, 0) is 4.79 Å². The van der Waals surface area contributed by atoms with Crippen molar-refractivity contribution in [2.24, 2.45) is 5.73 Å². The molecule has 3 rings (SSSR count). The lowest BCUT2D eigenvalue weighted by molar-refractivity contribution is -0.126. The highest BCUT2D eigenvalue weighted by Crippen LogP contribution is 2.38. The first-order chi connectivity index (χ1) is 9.59. The van der Waals surface area contributed by atoms with Crippen molar-refractivity contribution in [2.75, 3.05) is 4.90 Å². The van der Waals surface area contributed by atoms with E-state index in [1.54, 1.807) is 23.1 Å². The maximum Gasteiger partial charge on any atom is 0.247 e. The van der Waals surface area contributed by atoms with Gasteiger partial charge < -0.3 is 10.6 Å². The van der Waals surface area contributed by atoms with E-state index in [0.29, 0.717) is 5.56 Å². The molecule has 2 atom stereocenters. The Morgan fingerprint density at radius 2 is 1.75 bits per heavy atom. The number of β-lactam (4-membered cyclic amide) rings is 1. The fraction of sp³-hybridized carbons (Fsp3) is 0.188. The van der Waals surface area contributed by atoms with Crippen molar-refractivity contribution in [2.45, 2.75) is 19.0 Å². The summed E-state index contributed by atoms with van der Waals surface area (Å²) in [6.07, 6.45) is 0. The highest BCUT2D eigenvalue weighted by molar-refractivity contribution is 6.05. The number of rotatable bonds is 2. The molecule has 1 amide bonds. The van der Waals surface area contributed by atoms with Crippen LogP contribution in [0.3, 0.4) is 0 Å². The number of hydrogen-bond acceptors (Lipinski definition) is 2. The van der Waals surface area contributed by atoms with Crippen molar-refractivity contribution in [3.05, 3.63) is 65.5 Å². The van der Waals surface area contributed by atoms with Gasteiger partial charge in [-0.3, -0.25) is 4.79 Å². The molecule has 2 N–H and O–H groups in total. The van der Waals surface area contributed by atoms with E-state index in [9.17, 15) is 9.18 Å². The first kappa shape index (κ1) is 12.8. The van der Waals surface area contributed by atoms with Crippen molar-refractivity contribution in [3.63, 3.8) is 0 Å². The number of anilines is 1. The molecular weight excluding hydrogens is 255 g/mol. The fourth-order valence-electron chi connectivity index (χ4n) is 2.55. The van der Waals surface area contributed by atoms with Gasteiger partial charge in [-0.15, -0.1) is 0 Å². The Labute approximate surface area is 116 Å². The highest BCUT2D eigenvalue weighted by Gasteiger charge is 2.47. The summed E-state index contributed by atoms with van der Waals surface area (Å²) >= 11 is 0. The van der Waals surface area contributed by atoms with Gasteiger partial charge in [0, 0.05) is 11.3 Å². The number of hydrogen-bond donors (Lipinski definition) is 1. The van der Waals surface area contributed by atoms with Crippen molar-refractivity contribution < 1.29 is 9.18 Å². The quantitative estimate of drug-likeness (QED) is 0.852. The topological polar surface area (TPSA) is 46.3 Å². The van der Waals surface area contributed by atoms with Gasteiger partial charge in [0.2, 0.25) is 5.91 Å². The van der Waals surface area contributed by atoms with Crippen LogP contribution in [0.4, 0.5) is 10.1 Å². The molecule has 0 radical (unpaired) electrons. The Bertz CT molecular complexity index is 654. The Kier molecular flexibility index (Phi) is 3.03. The Hall–Kier alpha value is -2.20. The van der Waals surface area contributed by atoms with Crippen molar-refractivity contribution >= 4 is 11.6 Å². The number of nitrogens with zero attached hydrogens (tertiary/aromatic N) is 1. The minimum atomic E-state index is -0.687. The van der Waals surface area contributed by atoms with Crippen molar-refractivity contribution in [3.8, 4) is 0 Å². The molecule has 102 valence electrons. The first-order valence-corrected chi connectivity index (χ1v) is 6.49. The average molecular weight is 270 g/mol. The summed E-state index contributed by atoms with van der Waals surface area (Å²) in [5.41, 5.74) is 8.18. The Morgan fingerprint density at radius 3 is 2.40 bits per heavy atom. The van der Waals surface area contributed by atoms with Crippen LogP contribution < -0.4 is 10.6 Å². The third-order valence-electron chi connectivity index (χ3n) is 3.68. The normalized spacial score (nSPS) is 21.8. The van der Waals surface area contributed by atoms with Crippen LogP contribution >= 0.6 is 0 Å². The fourth-order valence-corrected chi connectivity index (χ4v) is 2.55. The Balaban J connectivity index is 2.00. The van der Waals surface area contributed by atoms with Gasteiger partial charge in [0.25, 0.3) is 0 Å². The number of nitrogens with two attached hydrogens (primary N) is 1. The smallest absolute Gasteiger partial charge is 0.247 e. The summed E-state index contributed by atoms with van der Waals surface area (Å²) in [4.78, 5) is 13.6. The van der Waals surface area contributed by atoms with Crippen LogP contribution in [0.15, 0.2) is 48.5 Å². The monoisotopic (exact) mass is 270 g/mol. The molecule has 2 aromatic carbocycles. The van der Waals surface area contributed by atoms with E-state index in [-0.39, 0.29) is 11.7 Å². The van der Waals surface area contributed by atoms with Crippen molar-refractivity contribution in [1.82, 2.24) is 0 Å². The zero-order valence-corrected chi connectivity index (χ0v) is 11.1. The van der Waals surface area contributed by atoms with Gasteiger partial charge in [0.05, 0.1) is 6.04 Å². The van der Waals surface area contributed by atoms with Gasteiger partial charge in [-0.05, 0) is 25.1 Å². The highest BCUT2D eigenvalue weighted by atomic mass is 19.1. The molecule has 1 fully saturated rings. The van der Waals surface area contributed by atoms with E-state index in [1.807, 2.05) is 31.2 Å². The van der Waals surface area contributed by atoms with Gasteiger partial charge in [0.15, 0.2) is 0 Å². The maximum absolute atomic E-state index is 13.9. The maximum atomic E-state index is 13.9. The Morgan fingerprint density at radius 1 is 1.10 bits per heavy atom. The molecule has 0 spiro atoms. The lowest BCUT2D eigenvalue weighted by Gasteiger charge is -2.45. The SMILES string of the molecule is Cc1ccc(N2C(=O)C(N)C2c2ccccc2F)cc1. The van der Waals surface area contributed by atoms with E-state index < -0.39 is 12.1 Å². The largest absolute Gasteiger partial charge is 0.318 e. The summed E-state index contributed by atoms with van der Waals surface area (Å²) in [6, 6.07) is 12.9. The molecule has 1 aliphatic heterocycles. The van der Waals surface area contributed by atoms with E-state index in [4.69, 9.17) is 5.73 Å². The average Bonchev–Trinajstić information content (AvgIpc) is 2.46. The number of aryl methyl sites for hydroxylation is 1. The van der Waals surface area contributed by atoms with Gasteiger partial charge in [-0.2, -0.15) is 0 Å². The number of carbonyl (C=O) groups excluding carboxylic acids is 1. The molecule has 4 heteroatoms. The molecular formula is C16H15FN2O. The van der Waals surface area contributed by atoms with Crippen LogP contribution in [0, 0.1) is 12.7 Å². The number of halogens is 1. The molecule has 20 heavy (non-hydrogen) atoms. The van der Waals surface area contributed by atoms with Gasteiger partial charge in [0.1, 0.15) is 11.9 Å². The molecule has 0 aromatic heterocycles. The molecule has 1 saturated heterocycles. The number of carbonyl (C=O) groups is 1. The molecule has 1 heterocycles. The zero-order valence-electron chi connectivity index (χ0n) is 11.1. The molecule has 2 unspecified atom stereocenters. The van der Waals surface area contributed by atoms with Crippen LogP contribution in [0.1, 0.15) is 17.2 Å². The van der Waals surface area contributed by atoms with Crippen molar-refractivity contribution in [1.29, 1.82) is 0 Å². The lowest BCUT2D eigenvalue weighted by Crippen LogP contribution is -2.63. The predicted molar refractivity (Wildman–Crippen MR) is 75.8 cm³/mol. The van der Waals surface area contributed by atoms with Gasteiger partial charge >= 0.3 is 0 Å². The summed E-state index contributed by atoms with van der Waals surface area (Å²) in [5, 5.41) is 0. The van der Waals surface area contributed by atoms with E-state index >= 15 is 0 Å². The molecule has 1 aliphatic rings. The molecule has 0 bridgehead atoms. The summed E-state index contributed by atoms with van der Waals surface area (Å²) in [5.74, 6) is -0.514. The third-order valence-corrected chi connectivity index (χ3v) is 3.68. The lowest BCUT2D eigenvalue weighted by atomic mass is 9.88. The third kappa shape index (κ3) is 1.89. The minimum Gasteiger partial charge on any atom is -0.318 e. The van der Waals surface area contributed by atoms with Gasteiger partial charge in [-0.1, -0.05) is 35.9 Å². The van der Waals surface area contributed by atoms with E-state index in [1.165, 1.54) is 6.07 Å². The van der Waals surface area contributed by atoms with Crippen LogP contribution in [-0.4, -0.2) is 11.9 Å². The van der Waals surface area contributed by atoms with Gasteiger partial charge in [-0.25, -0.2) is 4.39 Å². The van der Waals surface area contributed by atoms with Crippen LogP contribution in [0.5, 0.6) is 0 Å². The van der Waals surface area contributed by atoms with E-state index in [0.717, 1.165) is 11.3 Å². The van der Waals surface area contributed by atoms with E-state index in [2.05, 4.69) is 0 Å². The first-order valence-electron chi connectivity index (χ1n) is 6.49. The molecule has 3 nitrogen and oxygen atoms in total. The number of amides is 1. The summed E-state index contributed by atoms with van der Waals surface area (Å²) in [7, 11) is 0. The standard InChI is InChI=1S/C16H15FN2O/c1-10-6-8-11(9-7-10)19-15(14(18)16(19)20)12-4-2-3-5-13(12)17/h2-9,14-15H,18H2,1H3. The second kappa shape index (κ2) is 4.72. The molecule has 0 saturated carbocycles. The van der Waals surface area contributed by atoms with Crippen LogP contribution in [0.25, 0.3) is 0 Å². The van der Waals surface area contributed by atoms with Crippen LogP contribution in [0.2, 0.25) is 0 Å². The second-order valence-electron chi connectivity index (χ2n) is 5.04. The zero-order chi connectivity index (χ0) is 14.3. The number of benzene rings is 2. The minimum absolute atomic E-state index is 0.179.